The molecule has 0 radical (unpaired) electrons. The van der Waals surface area contributed by atoms with Crippen molar-refractivity contribution < 1.29 is 14.3 Å². The van der Waals surface area contributed by atoms with Crippen LogP contribution in [-0.2, 0) is 9.53 Å². The summed E-state index contributed by atoms with van der Waals surface area (Å²) in [6, 6.07) is 8.46. The number of amides is 1. The number of nitrogens with one attached hydrogen (secondary N) is 2. The van der Waals surface area contributed by atoms with Crippen LogP contribution in [0, 0.1) is 0 Å². The number of hydrogen-bond donors (Lipinski definition) is 2. The highest BCUT2D eigenvalue weighted by Gasteiger charge is 2.20. The van der Waals surface area contributed by atoms with Gasteiger partial charge >= 0.3 is 5.97 Å². The third kappa shape index (κ3) is 3.15. The minimum absolute atomic E-state index is 0.278. The standard InChI is InChI=1S/C15H13N5O3/c1-9(23-15(22)10-5-3-2-4-6-10)14(21)20-13-11-12(17-7-16-11)18-8-19-13/h2-9H,1H3,(H2,16,17,18,19,20,21)/t9-/m1/s1. The van der Waals surface area contributed by atoms with Gasteiger partial charge in [0.05, 0.1) is 11.9 Å². The van der Waals surface area contributed by atoms with Crippen molar-refractivity contribution in [2.24, 2.45) is 0 Å². The summed E-state index contributed by atoms with van der Waals surface area (Å²) < 4.78 is 5.14. The molecule has 0 saturated heterocycles. The molecule has 0 unspecified atom stereocenters. The van der Waals surface area contributed by atoms with E-state index in [1.807, 2.05) is 0 Å². The van der Waals surface area contributed by atoms with E-state index in [0.717, 1.165) is 0 Å². The number of aromatic nitrogens is 4. The highest BCUT2D eigenvalue weighted by Crippen LogP contribution is 2.15. The molecule has 116 valence electrons. The second kappa shape index (κ2) is 6.22. The number of H-pyrrole nitrogens is 1. The minimum atomic E-state index is -0.976. The zero-order valence-electron chi connectivity index (χ0n) is 12.2. The first kappa shape index (κ1) is 14.6. The van der Waals surface area contributed by atoms with Crippen LogP contribution in [0.5, 0.6) is 0 Å². The van der Waals surface area contributed by atoms with Crippen molar-refractivity contribution in [1.82, 2.24) is 19.9 Å². The van der Waals surface area contributed by atoms with Crippen molar-refractivity contribution in [2.75, 3.05) is 5.32 Å². The molecule has 0 aliphatic rings. The fraction of sp³-hybridized carbons (Fsp3) is 0.133. The van der Waals surface area contributed by atoms with Gasteiger partial charge in [-0.25, -0.2) is 19.7 Å². The lowest BCUT2D eigenvalue weighted by atomic mass is 10.2. The number of imidazole rings is 1. The van der Waals surface area contributed by atoms with Crippen molar-refractivity contribution in [3.63, 3.8) is 0 Å². The lowest BCUT2D eigenvalue weighted by molar-refractivity contribution is -0.123. The minimum Gasteiger partial charge on any atom is -0.449 e. The number of fused-ring (bicyclic) bond motifs is 1. The van der Waals surface area contributed by atoms with Gasteiger partial charge in [-0.05, 0) is 19.1 Å². The second-order valence-corrected chi connectivity index (χ2v) is 4.73. The van der Waals surface area contributed by atoms with E-state index < -0.39 is 18.0 Å². The third-order valence-corrected chi connectivity index (χ3v) is 3.13. The molecule has 1 amide bonds. The Balaban J connectivity index is 1.68. The molecular formula is C15H13N5O3. The van der Waals surface area contributed by atoms with E-state index in [9.17, 15) is 9.59 Å². The number of carbonyl (C=O) groups is 2. The Morgan fingerprint density at radius 1 is 1.17 bits per heavy atom. The van der Waals surface area contributed by atoms with E-state index in [2.05, 4.69) is 25.3 Å². The third-order valence-electron chi connectivity index (χ3n) is 3.13. The fourth-order valence-electron chi connectivity index (χ4n) is 1.93. The van der Waals surface area contributed by atoms with Crippen LogP contribution in [0.25, 0.3) is 11.2 Å². The summed E-state index contributed by atoms with van der Waals surface area (Å²) in [5.41, 5.74) is 1.32. The summed E-state index contributed by atoms with van der Waals surface area (Å²) in [5, 5.41) is 2.59. The van der Waals surface area contributed by atoms with Gasteiger partial charge in [-0.2, -0.15) is 0 Å². The molecular weight excluding hydrogens is 298 g/mol. The molecule has 1 aromatic carbocycles. The molecule has 1 atom stereocenters. The second-order valence-electron chi connectivity index (χ2n) is 4.73. The number of benzene rings is 1. The van der Waals surface area contributed by atoms with E-state index in [-0.39, 0.29) is 5.82 Å². The zero-order chi connectivity index (χ0) is 16.2. The predicted octanol–water partition coefficient (Wildman–Crippen LogP) is 1.54. The Labute approximate surface area is 130 Å². The summed E-state index contributed by atoms with van der Waals surface area (Å²) >= 11 is 0. The van der Waals surface area contributed by atoms with Gasteiger partial charge in [0.25, 0.3) is 5.91 Å². The Bertz CT molecular complexity index is 846. The molecule has 0 saturated carbocycles. The van der Waals surface area contributed by atoms with Crippen molar-refractivity contribution in [3.8, 4) is 0 Å². The first-order valence-corrected chi connectivity index (χ1v) is 6.86. The van der Waals surface area contributed by atoms with Crippen molar-refractivity contribution in [1.29, 1.82) is 0 Å². The van der Waals surface area contributed by atoms with Crippen LogP contribution in [0.15, 0.2) is 43.0 Å². The van der Waals surface area contributed by atoms with Gasteiger partial charge in [0.2, 0.25) is 0 Å². The topological polar surface area (TPSA) is 110 Å². The molecule has 2 N–H and O–H groups in total. The van der Waals surface area contributed by atoms with E-state index in [1.165, 1.54) is 19.6 Å². The molecule has 0 aliphatic heterocycles. The molecule has 0 aliphatic carbocycles. The zero-order valence-corrected chi connectivity index (χ0v) is 12.2. The number of nitrogens with zero attached hydrogens (tertiary/aromatic N) is 3. The number of esters is 1. The van der Waals surface area contributed by atoms with Crippen LogP contribution < -0.4 is 5.32 Å². The van der Waals surface area contributed by atoms with E-state index in [4.69, 9.17) is 4.74 Å². The summed E-state index contributed by atoms with van der Waals surface area (Å²) in [7, 11) is 0. The molecule has 8 nitrogen and oxygen atoms in total. The molecule has 3 aromatic rings. The van der Waals surface area contributed by atoms with E-state index >= 15 is 0 Å². The smallest absolute Gasteiger partial charge is 0.338 e. The monoisotopic (exact) mass is 311 g/mol. The largest absolute Gasteiger partial charge is 0.449 e. The molecule has 0 fully saturated rings. The van der Waals surface area contributed by atoms with Crippen molar-refractivity contribution >= 4 is 28.9 Å². The van der Waals surface area contributed by atoms with Crippen molar-refractivity contribution in [3.05, 3.63) is 48.5 Å². The quantitative estimate of drug-likeness (QED) is 0.707. The number of aromatic amines is 1. The molecule has 8 heteroatoms. The Morgan fingerprint density at radius 2 is 1.96 bits per heavy atom. The number of ether oxygens (including phenoxy) is 1. The first-order valence-electron chi connectivity index (χ1n) is 6.86. The molecule has 3 rings (SSSR count). The van der Waals surface area contributed by atoms with Crippen LogP contribution in [0.2, 0.25) is 0 Å². The normalized spacial score (nSPS) is 11.9. The van der Waals surface area contributed by atoms with Gasteiger partial charge in [-0.1, -0.05) is 18.2 Å². The highest BCUT2D eigenvalue weighted by molar-refractivity contribution is 6.00. The van der Waals surface area contributed by atoms with Gasteiger partial charge < -0.3 is 15.0 Å². The van der Waals surface area contributed by atoms with E-state index in [1.54, 1.807) is 30.3 Å². The maximum Gasteiger partial charge on any atom is 0.338 e. The first-order chi connectivity index (χ1) is 11.1. The number of carbonyl (C=O) groups excluding carboxylic acids is 2. The van der Waals surface area contributed by atoms with Crippen LogP contribution in [0.4, 0.5) is 5.82 Å². The summed E-state index contributed by atoms with van der Waals surface area (Å²) in [5.74, 6) is -0.786. The highest BCUT2D eigenvalue weighted by atomic mass is 16.5. The van der Waals surface area contributed by atoms with Gasteiger partial charge in [0.15, 0.2) is 17.6 Å². The number of rotatable bonds is 4. The molecule has 2 aromatic heterocycles. The molecule has 2 heterocycles. The predicted molar refractivity (Wildman–Crippen MR) is 81.6 cm³/mol. The maximum absolute atomic E-state index is 12.2. The molecule has 0 bridgehead atoms. The van der Waals surface area contributed by atoms with Crippen LogP contribution in [0.1, 0.15) is 17.3 Å². The summed E-state index contributed by atoms with van der Waals surface area (Å²) in [4.78, 5) is 38.9. The van der Waals surface area contributed by atoms with Crippen molar-refractivity contribution in [2.45, 2.75) is 13.0 Å². The van der Waals surface area contributed by atoms with Gasteiger partial charge in [0, 0.05) is 0 Å². The SMILES string of the molecule is C[C@@H](OC(=O)c1ccccc1)C(=O)Nc1ncnc2nc[nH]c12. The summed E-state index contributed by atoms with van der Waals surface area (Å²) in [6.07, 6.45) is 1.77. The van der Waals surface area contributed by atoms with Crippen LogP contribution >= 0.6 is 0 Å². The van der Waals surface area contributed by atoms with E-state index in [0.29, 0.717) is 16.7 Å². The Morgan fingerprint density at radius 3 is 2.74 bits per heavy atom. The lowest BCUT2D eigenvalue weighted by Gasteiger charge is -2.13. The number of anilines is 1. The van der Waals surface area contributed by atoms with Gasteiger partial charge in [0.1, 0.15) is 11.8 Å². The maximum atomic E-state index is 12.2. The van der Waals surface area contributed by atoms with Crippen LogP contribution in [0.3, 0.4) is 0 Å². The fourth-order valence-corrected chi connectivity index (χ4v) is 1.93. The van der Waals surface area contributed by atoms with Crippen LogP contribution in [-0.4, -0.2) is 37.9 Å². The average molecular weight is 311 g/mol. The molecule has 23 heavy (non-hydrogen) atoms. The molecule has 0 spiro atoms. The summed E-state index contributed by atoms with van der Waals surface area (Å²) in [6.45, 7) is 1.49. The average Bonchev–Trinajstić information content (AvgIpc) is 3.05. The van der Waals surface area contributed by atoms with Gasteiger partial charge in [-0.15, -0.1) is 0 Å². The lowest BCUT2D eigenvalue weighted by Crippen LogP contribution is -2.30. The van der Waals surface area contributed by atoms with Gasteiger partial charge in [-0.3, -0.25) is 4.79 Å². The Kier molecular flexibility index (Phi) is 3.96. The number of hydrogen-bond acceptors (Lipinski definition) is 6. The Hall–Kier alpha value is -3.29.